The van der Waals surface area contributed by atoms with Crippen LogP contribution < -0.4 is 10.0 Å². The monoisotopic (exact) mass is 440 g/mol. The van der Waals surface area contributed by atoms with Gasteiger partial charge in [-0.05, 0) is 71.0 Å². The molecule has 3 aromatic carbocycles. The Labute approximate surface area is 181 Å². The molecule has 1 heterocycles. The fraction of sp³-hybridized carbons (Fsp3) is 0.174. The molecule has 30 heavy (non-hydrogen) atoms. The average Bonchev–Trinajstić information content (AvgIpc) is 2.69. The van der Waals surface area contributed by atoms with E-state index in [1.165, 1.54) is 12.1 Å². The molecule has 3 aromatic rings. The molecule has 0 unspecified atom stereocenters. The van der Waals surface area contributed by atoms with Crippen LogP contribution in [0.5, 0.6) is 0 Å². The number of benzene rings is 3. The second kappa shape index (κ2) is 7.87. The van der Waals surface area contributed by atoms with Crippen LogP contribution in [0, 0.1) is 0 Å². The van der Waals surface area contributed by atoms with Gasteiger partial charge in [0.25, 0.3) is 0 Å². The number of amides is 1. The summed E-state index contributed by atoms with van der Waals surface area (Å²) in [7, 11) is -3.72. The number of hydrogen-bond acceptors (Lipinski definition) is 3. The molecule has 0 spiro atoms. The maximum atomic E-state index is 12.4. The largest absolute Gasteiger partial charge is 0.308 e. The highest BCUT2D eigenvalue weighted by atomic mass is 35.5. The Bertz CT molecular complexity index is 1240. The van der Waals surface area contributed by atoms with Gasteiger partial charge < -0.3 is 4.90 Å². The van der Waals surface area contributed by atoms with Gasteiger partial charge in [0.05, 0.1) is 11.4 Å². The highest BCUT2D eigenvalue weighted by Gasteiger charge is 2.21. The van der Waals surface area contributed by atoms with Crippen LogP contribution in [0.2, 0.25) is 5.02 Å². The molecular formula is C23H21ClN2O3S. The van der Waals surface area contributed by atoms with Gasteiger partial charge in [0.2, 0.25) is 15.9 Å². The number of carbonyl (C=O) groups excluding carboxylic acids is 1. The van der Waals surface area contributed by atoms with Gasteiger partial charge in [0, 0.05) is 17.6 Å². The summed E-state index contributed by atoms with van der Waals surface area (Å²) in [6, 6.07) is 18.3. The fourth-order valence-corrected chi connectivity index (χ4v) is 4.56. The number of anilines is 1. The lowest BCUT2D eigenvalue weighted by atomic mass is 9.92. The number of nitrogens with zero attached hydrogens (tertiary/aromatic N) is 1. The van der Waals surface area contributed by atoms with Crippen LogP contribution in [0.3, 0.4) is 0 Å². The van der Waals surface area contributed by atoms with Crippen LogP contribution >= 0.6 is 11.6 Å². The Balaban J connectivity index is 1.72. The molecule has 5 nitrogen and oxygen atoms in total. The van der Waals surface area contributed by atoms with Crippen LogP contribution in [0.25, 0.3) is 11.1 Å². The summed E-state index contributed by atoms with van der Waals surface area (Å²) >= 11 is 6.19. The van der Waals surface area contributed by atoms with Crippen molar-refractivity contribution in [2.45, 2.75) is 31.2 Å². The minimum atomic E-state index is -3.72. The second-order valence-electron chi connectivity index (χ2n) is 7.43. The summed E-state index contributed by atoms with van der Waals surface area (Å²) in [5.74, 6) is -0.0194. The predicted octanol–water partition coefficient (Wildman–Crippen LogP) is 4.31. The minimum Gasteiger partial charge on any atom is -0.308 e. The van der Waals surface area contributed by atoms with Crippen molar-refractivity contribution in [3.63, 3.8) is 0 Å². The van der Waals surface area contributed by atoms with Gasteiger partial charge in [0.15, 0.2) is 0 Å². The van der Waals surface area contributed by atoms with E-state index in [9.17, 15) is 13.2 Å². The van der Waals surface area contributed by atoms with E-state index in [-0.39, 0.29) is 10.8 Å². The Hall–Kier alpha value is -2.67. The maximum absolute atomic E-state index is 12.4. The zero-order valence-corrected chi connectivity index (χ0v) is 18.0. The van der Waals surface area contributed by atoms with Gasteiger partial charge in [-0.15, -0.1) is 0 Å². The number of aryl methyl sites for hydroxylation is 2. The fourth-order valence-electron chi connectivity index (χ4n) is 3.85. The first-order valence-electron chi connectivity index (χ1n) is 9.54. The Morgan fingerprint density at radius 3 is 2.23 bits per heavy atom. The number of hydrogen-bond donors (Lipinski definition) is 1. The molecule has 0 fully saturated rings. The van der Waals surface area contributed by atoms with Crippen molar-refractivity contribution in [3.8, 4) is 11.1 Å². The van der Waals surface area contributed by atoms with Crippen molar-refractivity contribution in [2.75, 3.05) is 4.90 Å². The van der Waals surface area contributed by atoms with E-state index in [4.69, 9.17) is 16.7 Å². The SMILES string of the molecule is CC(=O)N1Cc2ccc(-c3ccc(S(N)(=O)=O)cc3)cc2CCc2cc(Cl)ccc21. The average molecular weight is 441 g/mol. The number of rotatable bonds is 2. The van der Waals surface area contributed by atoms with Crippen LogP contribution in [-0.2, 0) is 34.2 Å². The van der Waals surface area contributed by atoms with Crippen LogP contribution in [0.1, 0.15) is 23.6 Å². The van der Waals surface area contributed by atoms with Gasteiger partial charge in [-0.2, -0.15) is 0 Å². The summed E-state index contributed by atoms with van der Waals surface area (Å²) in [5, 5.41) is 5.84. The standard InChI is InChI=1S/C23H21ClN2O3S/c1-15(27)26-14-20-5-3-17(16-6-9-22(10-7-16)30(25,28)29)12-18(20)2-4-19-13-21(24)8-11-23(19)26/h3,5-13H,2,4,14H2,1H3,(H2,25,28,29). The molecule has 2 N–H and O–H groups in total. The molecule has 0 atom stereocenters. The molecular weight excluding hydrogens is 420 g/mol. The molecule has 1 aliphatic heterocycles. The summed E-state index contributed by atoms with van der Waals surface area (Å²) in [6.45, 7) is 2.06. The van der Waals surface area contributed by atoms with Crippen LogP contribution in [0.4, 0.5) is 5.69 Å². The first-order valence-corrected chi connectivity index (χ1v) is 11.5. The summed E-state index contributed by atoms with van der Waals surface area (Å²) < 4.78 is 23.0. The van der Waals surface area contributed by atoms with Crippen molar-refractivity contribution in [3.05, 3.63) is 82.4 Å². The molecule has 0 saturated carbocycles. The third-order valence-corrected chi connectivity index (χ3v) is 6.59. The normalized spacial score (nSPS) is 13.8. The Morgan fingerprint density at radius 1 is 0.900 bits per heavy atom. The van der Waals surface area contributed by atoms with Gasteiger partial charge in [-0.25, -0.2) is 13.6 Å². The zero-order chi connectivity index (χ0) is 21.5. The smallest absolute Gasteiger partial charge is 0.238 e. The van der Waals surface area contributed by atoms with Crippen molar-refractivity contribution < 1.29 is 13.2 Å². The lowest BCUT2D eigenvalue weighted by molar-refractivity contribution is -0.116. The molecule has 7 heteroatoms. The highest BCUT2D eigenvalue weighted by Crippen LogP contribution is 2.32. The summed E-state index contributed by atoms with van der Waals surface area (Å²) in [6.07, 6.45) is 1.58. The van der Waals surface area contributed by atoms with Crippen molar-refractivity contribution in [2.24, 2.45) is 5.14 Å². The lowest BCUT2D eigenvalue weighted by Crippen LogP contribution is -2.30. The molecule has 4 rings (SSSR count). The number of nitrogens with two attached hydrogens (primary N) is 1. The third-order valence-electron chi connectivity index (χ3n) is 5.43. The van der Waals surface area contributed by atoms with E-state index in [1.807, 2.05) is 30.3 Å². The number of carbonyl (C=O) groups is 1. The van der Waals surface area contributed by atoms with Crippen molar-refractivity contribution in [1.82, 2.24) is 0 Å². The van der Waals surface area contributed by atoms with E-state index >= 15 is 0 Å². The first kappa shape index (κ1) is 20.6. The van der Waals surface area contributed by atoms with Gasteiger partial charge in [-0.3, -0.25) is 4.79 Å². The topological polar surface area (TPSA) is 80.5 Å². The first-order chi connectivity index (χ1) is 14.2. The molecule has 1 amide bonds. The summed E-state index contributed by atoms with van der Waals surface area (Å²) in [5.41, 5.74) is 6.08. The summed E-state index contributed by atoms with van der Waals surface area (Å²) in [4.78, 5) is 14.2. The number of halogens is 1. The third kappa shape index (κ3) is 4.12. The van der Waals surface area contributed by atoms with Crippen molar-refractivity contribution >= 4 is 33.2 Å². The molecule has 0 aliphatic carbocycles. The molecule has 0 radical (unpaired) electrons. The Kier molecular flexibility index (Phi) is 5.40. The molecule has 0 bridgehead atoms. The molecule has 0 saturated heterocycles. The maximum Gasteiger partial charge on any atom is 0.238 e. The molecule has 1 aliphatic rings. The minimum absolute atomic E-state index is 0.0194. The van der Waals surface area contributed by atoms with Gasteiger partial charge >= 0.3 is 0 Å². The Morgan fingerprint density at radius 2 is 1.57 bits per heavy atom. The van der Waals surface area contributed by atoms with Crippen molar-refractivity contribution in [1.29, 1.82) is 0 Å². The zero-order valence-electron chi connectivity index (χ0n) is 16.4. The number of primary sulfonamides is 1. The lowest BCUT2D eigenvalue weighted by Gasteiger charge is -2.28. The highest BCUT2D eigenvalue weighted by molar-refractivity contribution is 7.89. The van der Waals surface area contributed by atoms with E-state index in [0.717, 1.165) is 46.3 Å². The molecule has 154 valence electrons. The quantitative estimate of drug-likeness (QED) is 0.644. The predicted molar refractivity (Wildman–Crippen MR) is 119 cm³/mol. The number of sulfonamides is 1. The van der Waals surface area contributed by atoms with E-state index in [1.54, 1.807) is 24.0 Å². The van der Waals surface area contributed by atoms with Gasteiger partial charge in [-0.1, -0.05) is 41.9 Å². The number of fused-ring (bicyclic) bond motifs is 2. The van der Waals surface area contributed by atoms with E-state index in [2.05, 4.69) is 6.07 Å². The molecule has 0 aromatic heterocycles. The van der Waals surface area contributed by atoms with Crippen LogP contribution in [0.15, 0.2) is 65.6 Å². The second-order valence-corrected chi connectivity index (χ2v) is 9.43. The van der Waals surface area contributed by atoms with E-state index < -0.39 is 10.0 Å². The van der Waals surface area contributed by atoms with Gasteiger partial charge in [0.1, 0.15) is 0 Å². The van der Waals surface area contributed by atoms with Crippen LogP contribution in [-0.4, -0.2) is 14.3 Å². The van der Waals surface area contributed by atoms with E-state index in [0.29, 0.717) is 11.6 Å².